The van der Waals surface area contributed by atoms with E-state index in [0.29, 0.717) is 35.4 Å². The summed E-state index contributed by atoms with van der Waals surface area (Å²) >= 11 is 3.72. The second-order valence-corrected chi connectivity index (χ2v) is 11.8. The van der Waals surface area contributed by atoms with Crippen LogP contribution in [-0.2, 0) is 4.79 Å². The molecule has 0 saturated heterocycles. The highest BCUT2D eigenvalue weighted by atomic mass is 79.9. The molecule has 5 aromatic rings. The average Bonchev–Trinajstić information content (AvgIpc) is 3.58. The largest absolute Gasteiger partial charge is 0.494 e. The third-order valence-electron chi connectivity index (χ3n) is 7.65. The van der Waals surface area contributed by atoms with Crippen molar-refractivity contribution in [1.29, 1.82) is 0 Å². The van der Waals surface area contributed by atoms with Crippen LogP contribution in [0.1, 0.15) is 18.3 Å². The van der Waals surface area contributed by atoms with E-state index in [4.69, 9.17) is 9.72 Å². The molecule has 1 atom stereocenters. The zero-order valence-electron chi connectivity index (χ0n) is 25.8. The molecule has 0 fully saturated rings. The Labute approximate surface area is 265 Å². The van der Waals surface area contributed by atoms with Crippen molar-refractivity contribution >= 4 is 55.8 Å². The normalized spacial score (nSPS) is 11.9. The summed E-state index contributed by atoms with van der Waals surface area (Å²) in [6.45, 7) is 10.6. The number of ether oxygens (including phenoxy) is 1. The lowest BCUT2D eigenvalue weighted by Gasteiger charge is -2.23. The topological polar surface area (TPSA) is 101 Å². The molecule has 0 aliphatic heterocycles. The van der Waals surface area contributed by atoms with Crippen LogP contribution in [0.25, 0.3) is 22.4 Å². The maximum absolute atomic E-state index is 12.3. The van der Waals surface area contributed by atoms with Crippen molar-refractivity contribution in [2.75, 3.05) is 43.7 Å². The van der Waals surface area contributed by atoms with Gasteiger partial charge in [-0.2, -0.15) is 4.98 Å². The lowest BCUT2D eigenvalue weighted by atomic mass is 10.2. The predicted octanol–water partition coefficient (Wildman–Crippen LogP) is 6.83. The minimum Gasteiger partial charge on any atom is -0.494 e. The zero-order chi connectivity index (χ0) is 31.5. The molecule has 0 saturated carbocycles. The first kappa shape index (κ1) is 30.8. The first-order valence-corrected chi connectivity index (χ1v) is 15.0. The van der Waals surface area contributed by atoms with Crippen LogP contribution in [0, 0.1) is 13.8 Å². The molecule has 228 valence electrons. The number of hydrogen-bond acceptors (Lipinski definition) is 7. The van der Waals surface area contributed by atoms with Gasteiger partial charge in [-0.05, 0) is 83.4 Å². The number of carbonyl (C=O) groups is 1. The van der Waals surface area contributed by atoms with Gasteiger partial charge in [-0.15, -0.1) is 0 Å². The Kier molecular flexibility index (Phi) is 9.07. The number of halogens is 1. The van der Waals surface area contributed by atoms with Crippen molar-refractivity contribution in [3.05, 3.63) is 89.4 Å². The maximum atomic E-state index is 12.3. The summed E-state index contributed by atoms with van der Waals surface area (Å²) in [6.07, 6.45) is 4.96. The molecule has 2 aromatic carbocycles. The number of likely N-dealkylation sites (N-methyl/N-ethyl adjacent to an activating group) is 1. The van der Waals surface area contributed by atoms with Crippen molar-refractivity contribution in [3.8, 4) is 17.3 Å². The van der Waals surface area contributed by atoms with Gasteiger partial charge in [0.1, 0.15) is 11.6 Å². The highest BCUT2D eigenvalue weighted by Gasteiger charge is 2.17. The fourth-order valence-electron chi connectivity index (χ4n) is 5.01. The maximum Gasteiger partial charge on any atom is 0.247 e. The summed E-state index contributed by atoms with van der Waals surface area (Å²) in [7, 11) is 5.64. The first-order chi connectivity index (χ1) is 21.1. The van der Waals surface area contributed by atoms with Gasteiger partial charge in [0.05, 0.1) is 35.4 Å². The second kappa shape index (κ2) is 12.9. The van der Waals surface area contributed by atoms with E-state index in [1.54, 1.807) is 19.4 Å². The molecule has 0 spiro atoms. The Hall–Kier alpha value is -4.61. The van der Waals surface area contributed by atoms with Crippen LogP contribution in [0.2, 0.25) is 0 Å². The van der Waals surface area contributed by atoms with Crippen molar-refractivity contribution in [2.45, 2.75) is 26.8 Å². The molecule has 0 radical (unpaired) electrons. The van der Waals surface area contributed by atoms with Gasteiger partial charge in [-0.25, -0.2) is 4.98 Å². The van der Waals surface area contributed by atoms with Gasteiger partial charge in [-0.1, -0.05) is 22.5 Å². The number of carbonyl (C=O) groups excluding carboxylic acids is 1. The molecular weight excluding hydrogens is 620 g/mol. The number of benzene rings is 2. The van der Waals surface area contributed by atoms with E-state index >= 15 is 0 Å². The number of anilines is 4. The van der Waals surface area contributed by atoms with E-state index in [1.165, 1.54) is 6.08 Å². The highest BCUT2D eigenvalue weighted by molar-refractivity contribution is 9.10. The Balaban J connectivity index is 1.51. The third kappa shape index (κ3) is 6.34. The number of fused-ring (bicyclic) bond motifs is 1. The molecule has 0 aliphatic rings. The second-order valence-electron chi connectivity index (χ2n) is 10.8. The van der Waals surface area contributed by atoms with Crippen molar-refractivity contribution in [3.63, 3.8) is 0 Å². The minimum atomic E-state index is -0.321. The molecule has 3 aromatic heterocycles. The molecule has 10 nitrogen and oxygen atoms in total. The van der Waals surface area contributed by atoms with E-state index in [0.717, 1.165) is 38.1 Å². The monoisotopic (exact) mass is 656 g/mol. The minimum absolute atomic E-state index is 0.260. The zero-order valence-corrected chi connectivity index (χ0v) is 27.4. The molecule has 44 heavy (non-hydrogen) atoms. The Morgan fingerprint density at radius 3 is 2.52 bits per heavy atom. The molecule has 0 bridgehead atoms. The number of rotatable bonds is 11. The number of nitrogens with zero attached hydrogens (tertiary/aromatic N) is 5. The van der Waals surface area contributed by atoms with E-state index in [1.807, 2.05) is 37.0 Å². The molecule has 11 heteroatoms. The lowest BCUT2D eigenvalue weighted by molar-refractivity contribution is -0.111. The van der Waals surface area contributed by atoms with E-state index in [9.17, 15) is 4.79 Å². The number of aromatic nitrogens is 4. The number of amides is 1. The highest BCUT2D eigenvalue weighted by Crippen LogP contribution is 2.37. The first-order valence-electron chi connectivity index (χ1n) is 14.2. The molecule has 0 aliphatic carbocycles. The number of hydrogen-bond donors (Lipinski definition) is 3. The number of aryl methyl sites for hydroxylation is 2. The fraction of sp³-hybridized carbons (Fsp3) is 0.242. The van der Waals surface area contributed by atoms with Gasteiger partial charge >= 0.3 is 0 Å². The van der Waals surface area contributed by atoms with Crippen LogP contribution in [0.15, 0.2) is 78.1 Å². The van der Waals surface area contributed by atoms with Gasteiger partial charge < -0.3 is 34.7 Å². The summed E-state index contributed by atoms with van der Waals surface area (Å²) in [5.74, 6) is 1.31. The van der Waals surface area contributed by atoms with Crippen LogP contribution in [-0.4, -0.2) is 63.7 Å². The van der Waals surface area contributed by atoms with Gasteiger partial charge in [0.25, 0.3) is 0 Å². The molecule has 3 heterocycles. The molecule has 3 N–H and O–H groups in total. The average molecular weight is 658 g/mol. The van der Waals surface area contributed by atoms with E-state index < -0.39 is 0 Å². The number of nitrogens with one attached hydrogen (secondary N) is 3. The van der Waals surface area contributed by atoms with Crippen LogP contribution < -0.4 is 20.7 Å². The van der Waals surface area contributed by atoms with Crippen LogP contribution >= 0.6 is 15.9 Å². The van der Waals surface area contributed by atoms with Gasteiger partial charge in [0.15, 0.2) is 0 Å². The number of methoxy groups -OCH3 is 1. The van der Waals surface area contributed by atoms with Crippen molar-refractivity contribution < 1.29 is 9.53 Å². The fourth-order valence-corrected chi connectivity index (χ4v) is 5.44. The lowest BCUT2D eigenvalue weighted by Crippen LogP contribution is -2.31. The Morgan fingerprint density at radius 1 is 1.09 bits per heavy atom. The summed E-state index contributed by atoms with van der Waals surface area (Å²) in [5, 5.41) is 10.7. The third-order valence-corrected chi connectivity index (χ3v) is 8.11. The van der Waals surface area contributed by atoms with Crippen LogP contribution in [0.4, 0.5) is 23.0 Å². The van der Waals surface area contributed by atoms with Crippen molar-refractivity contribution in [2.24, 2.45) is 0 Å². The predicted molar refractivity (Wildman–Crippen MR) is 182 cm³/mol. The summed E-state index contributed by atoms with van der Waals surface area (Å²) in [6, 6.07) is 16.3. The SMILES string of the molecule is C=CC(=O)Nc1cc(Nc2nccc(-n3ccc4c(-n5c(C)ccc5C)cc(Br)cc43)n2)c(OC)cc1NCC(C)N(C)C. The molecule has 5 rings (SSSR count). The summed E-state index contributed by atoms with van der Waals surface area (Å²) < 4.78 is 11.0. The smallest absolute Gasteiger partial charge is 0.247 e. The van der Waals surface area contributed by atoms with Crippen LogP contribution in [0.3, 0.4) is 0 Å². The quantitative estimate of drug-likeness (QED) is 0.134. The standard InChI is InChI=1S/C33H37BrN8O2/c1-8-32(43)37-26-17-27(30(44-7)18-25(26)36-19-22(4)40(5)6)38-33-35-13-11-31(39-33)41-14-12-24-28(41)15-23(34)16-29(24)42-20(2)9-10-21(42)3/h8-18,22,36H,1,19H2,2-7H3,(H,37,43)(H,35,38,39). The Bertz CT molecular complexity index is 1820. The molecule has 1 unspecified atom stereocenters. The molecular formula is C33H37BrN8O2. The van der Waals surface area contributed by atoms with E-state index in [-0.39, 0.29) is 11.9 Å². The summed E-state index contributed by atoms with van der Waals surface area (Å²) in [5.41, 5.74) is 6.30. The summed E-state index contributed by atoms with van der Waals surface area (Å²) in [4.78, 5) is 23.7. The van der Waals surface area contributed by atoms with Gasteiger partial charge in [0.2, 0.25) is 11.9 Å². The molecule has 1 amide bonds. The van der Waals surface area contributed by atoms with Gasteiger partial charge in [-0.3, -0.25) is 4.79 Å². The van der Waals surface area contributed by atoms with E-state index in [2.05, 4.69) is 104 Å². The Morgan fingerprint density at radius 2 is 1.84 bits per heavy atom. The van der Waals surface area contributed by atoms with Crippen molar-refractivity contribution in [1.82, 2.24) is 24.0 Å². The van der Waals surface area contributed by atoms with Crippen LogP contribution in [0.5, 0.6) is 5.75 Å². The van der Waals surface area contributed by atoms with Gasteiger partial charge in [0, 0.05) is 52.3 Å².